The average Bonchev–Trinajstić information content (AvgIpc) is 3.26. The van der Waals surface area contributed by atoms with Crippen LogP contribution in [0.1, 0.15) is 50.7 Å². The van der Waals surface area contributed by atoms with Crippen LogP contribution in [0.5, 0.6) is 0 Å². The van der Waals surface area contributed by atoms with Gasteiger partial charge in [-0.3, -0.25) is 4.90 Å². The fourth-order valence-corrected chi connectivity index (χ4v) is 2.61. The molecule has 0 radical (unpaired) electrons. The smallest absolute Gasteiger partial charge is 0.127 e. The van der Waals surface area contributed by atoms with Gasteiger partial charge in [0, 0.05) is 24.7 Å². The number of halogens is 1. The van der Waals surface area contributed by atoms with Crippen LogP contribution in [0.15, 0.2) is 18.2 Å². The van der Waals surface area contributed by atoms with Crippen LogP contribution < -0.4 is 5.32 Å². The molecule has 0 bridgehead atoms. The Kier molecular flexibility index (Phi) is 5.99. The Bertz CT molecular complexity index is 415. The maximum Gasteiger partial charge on any atom is 0.127 e. The standard InChI is InChI=1S/C17H27FN2/c1-3-9-19-12-14-5-8-17(18)15(11-14)13-20(10-4-2)16-6-7-16/h5,8,11,16,19H,3-4,6-7,9-10,12-13H2,1-2H3. The normalized spacial score (nSPS) is 15.0. The summed E-state index contributed by atoms with van der Waals surface area (Å²) in [5.41, 5.74) is 2.03. The van der Waals surface area contributed by atoms with E-state index in [0.717, 1.165) is 44.6 Å². The minimum atomic E-state index is -0.0639. The molecule has 0 unspecified atom stereocenters. The molecule has 1 N–H and O–H groups in total. The van der Waals surface area contributed by atoms with Gasteiger partial charge in [-0.05, 0) is 50.4 Å². The van der Waals surface area contributed by atoms with E-state index in [1.54, 1.807) is 6.07 Å². The van der Waals surface area contributed by atoms with Gasteiger partial charge < -0.3 is 5.32 Å². The molecule has 2 nitrogen and oxygen atoms in total. The van der Waals surface area contributed by atoms with E-state index in [9.17, 15) is 4.39 Å². The summed E-state index contributed by atoms with van der Waals surface area (Å²) in [6.45, 7) is 8.02. The molecule has 1 saturated carbocycles. The van der Waals surface area contributed by atoms with Crippen molar-refractivity contribution in [1.82, 2.24) is 10.2 Å². The van der Waals surface area contributed by atoms with Crippen molar-refractivity contribution < 1.29 is 4.39 Å². The molecule has 1 aromatic rings. The minimum Gasteiger partial charge on any atom is -0.313 e. The van der Waals surface area contributed by atoms with Crippen LogP contribution in [0.2, 0.25) is 0 Å². The third-order valence-corrected chi connectivity index (χ3v) is 3.81. The van der Waals surface area contributed by atoms with Gasteiger partial charge in [-0.1, -0.05) is 26.0 Å². The molecule has 0 atom stereocenters. The molecular formula is C17H27FN2. The molecule has 0 spiro atoms. The fourth-order valence-electron chi connectivity index (χ4n) is 2.61. The summed E-state index contributed by atoms with van der Waals surface area (Å²) in [5, 5.41) is 3.38. The van der Waals surface area contributed by atoms with Gasteiger partial charge in [0.25, 0.3) is 0 Å². The molecule has 0 saturated heterocycles. The van der Waals surface area contributed by atoms with Crippen molar-refractivity contribution in [2.24, 2.45) is 0 Å². The zero-order chi connectivity index (χ0) is 14.4. The lowest BCUT2D eigenvalue weighted by molar-refractivity contribution is 0.251. The molecule has 1 aliphatic rings. The predicted molar refractivity (Wildman–Crippen MR) is 82.1 cm³/mol. The second kappa shape index (κ2) is 7.75. The lowest BCUT2D eigenvalue weighted by Gasteiger charge is -2.22. The summed E-state index contributed by atoms with van der Waals surface area (Å²) in [4.78, 5) is 2.43. The first-order valence-electron chi connectivity index (χ1n) is 7.96. The van der Waals surface area contributed by atoms with E-state index in [0.29, 0.717) is 6.04 Å². The molecule has 1 aromatic carbocycles. The quantitative estimate of drug-likeness (QED) is 0.693. The Balaban J connectivity index is 1.99. The Labute approximate surface area is 122 Å². The lowest BCUT2D eigenvalue weighted by Crippen LogP contribution is -2.27. The Morgan fingerprint density at radius 3 is 2.70 bits per heavy atom. The van der Waals surface area contributed by atoms with E-state index in [1.807, 2.05) is 12.1 Å². The van der Waals surface area contributed by atoms with Gasteiger partial charge >= 0.3 is 0 Å². The Morgan fingerprint density at radius 1 is 1.25 bits per heavy atom. The van der Waals surface area contributed by atoms with Crippen LogP contribution in [0, 0.1) is 5.82 Å². The number of rotatable bonds is 9. The van der Waals surface area contributed by atoms with Gasteiger partial charge in [-0.15, -0.1) is 0 Å². The number of hydrogen-bond donors (Lipinski definition) is 1. The van der Waals surface area contributed by atoms with Crippen molar-refractivity contribution in [2.45, 2.75) is 58.7 Å². The second-order valence-electron chi connectivity index (χ2n) is 5.80. The maximum atomic E-state index is 14.0. The zero-order valence-electron chi connectivity index (χ0n) is 12.8. The highest BCUT2D eigenvalue weighted by Gasteiger charge is 2.28. The topological polar surface area (TPSA) is 15.3 Å². The number of hydrogen-bond acceptors (Lipinski definition) is 2. The molecule has 0 aromatic heterocycles. The molecule has 0 aliphatic heterocycles. The highest BCUT2D eigenvalue weighted by Crippen LogP contribution is 2.29. The van der Waals surface area contributed by atoms with Gasteiger partial charge in [0.05, 0.1) is 0 Å². The SMILES string of the molecule is CCCNCc1ccc(F)c(CN(CCC)C2CC2)c1. The van der Waals surface area contributed by atoms with E-state index < -0.39 is 0 Å². The highest BCUT2D eigenvalue weighted by molar-refractivity contribution is 5.25. The van der Waals surface area contributed by atoms with Crippen LogP contribution in [-0.4, -0.2) is 24.0 Å². The highest BCUT2D eigenvalue weighted by atomic mass is 19.1. The number of nitrogens with zero attached hydrogens (tertiary/aromatic N) is 1. The van der Waals surface area contributed by atoms with Crippen molar-refractivity contribution in [1.29, 1.82) is 0 Å². The first kappa shape index (κ1) is 15.5. The third-order valence-electron chi connectivity index (χ3n) is 3.81. The van der Waals surface area contributed by atoms with Crippen molar-refractivity contribution in [3.05, 3.63) is 35.1 Å². The van der Waals surface area contributed by atoms with Crippen LogP contribution >= 0.6 is 0 Å². The maximum absolute atomic E-state index is 14.0. The molecule has 2 rings (SSSR count). The minimum absolute atomic E-state index is 0.0639. The van der Waals surface area contributed by atoms with Crippen LogP contribution in [-0.2, 0) is 13.1 Å². The lowest BCUT2D eigenvalue weighted by atomic mass is 10.1. The monoisotopic (exact) mass is 278 g/mol. The summed E-state index contributed by atoms with van der Waals surface area (Å²) in [5.74, 6) is -0.0639. The van der Waals surface area contributed by atoms with Crippen molar-refractivity contribution in [3.63, 3.8) is 0 Å². The number of benzene rings is 1. The second-order valence-corrected chi connectivity index (χ2v) is 5.80. The summed E-state index contributed by atoms with van der Waals surface area (Å²) in [6, 6.07) is 6.23. The number of nitrogens with one attached hydrogen (secondary N) is 1. The van der Waals surface area contributed by atoms with E-state index in [1.165, 1.54) is 18.4 Å². The van der Waals surface area contributed by atoms with Crippen LogP contribution in [0.3, 0.4) is 0 Å². The first-order valence-corrected chi connectivity index (χ1v) is 7.96. The molecule has 1 fully saturated rings. The molecule has 20 heavy (non-hydrogen) atoms. The van der Waals surface area contributed by atoms with Gasteiger partial charge in [0.2, 0.25) is 0 Å². The molecule has 0 amide bonds. The van der Waals surface area contributed by atoms with Crippen LogP contribution in [0.25, 0.3) is 0 Å². The van der Waals surface area contributed by atoms with E-state index in [4.69, 9.17) is 0 Å². The Hall–Kier alpha value is -0.930. The van der Waals surface area contributed by atoms with Gasteiger partial charge in [-0.25, -0.2) is 4.39 Å². The van der Waals surface area contributed by atoms with Gasteiger partial charge in [0.15, 0.2) is 0 Å². The van der Waals surface area contributed by atoms with E-state index >= 15 is 0 Å². The largest absolute Gasteiger partial charge is 0.313 e. The summed E-state index contributed by atoms with van der Waals surface area (Å²) in [7, 11) is 0. The fraction of sp³-hybridized carbons (Fsp3) is 0.647. The Morgan fingerprint density at radius 2 is 2.05 bits per heavy atom. The summed E-state index contributed by atoms with van der Waals surface area (Å²) < 4.78 is 14.0. The van der Waals surface area contributed by atoms with Crippen LogP contribution in [0.4, 0.5) is 4.39 Å². The van der Waals surface area contributed by atoms with E-state index in [2.05, 4.69) is 24.1 Å². The molecule has 1 aliphatic carbocycles. The first-order chi connectivity index (χ1) is 9.74. The van der Waals surface area contributed by atoms with Gasteiger partial charge in [0.1, 0.15) is 5.82 Å². The molecule has 0 heterocycles. The average molecular weight is 278 g/mol. The van der Waals surface area contributed by atoms with Crippen molar-refractivity contribution in [3.8, 4) is 0 Å². The predicted octanol–water partition coefficient (Wildman–Crippen LogP) is 3.70. The molecule has 3 heteroatoms. The van der Waals surface area contributed by atoms with Crippen molar-refractivity contribution >= 4 is 0 Å². The molecular weight excluding hydrogens is 251 g/mol. The summed E-state index contributed by atoms with van der Waals surface area (Å²) >= 11 is 0. The van der Waals surface area contributed by atoms with Crippen molar-refractivity contribution in [2.75, 3.05) is 13.1 Å². The molecule has 112 valence electrons. The third kappa shape index (κ3) is 4.57. The van der Waals surface area contributed by atoms with Gasteiger partial charge in [-0.2, -0.15) is 0 Å². The summed E-state index contributed by atoms with van der Waals surface area (Å²) in [6.07, 6.45) is 4.81. The van der Waals surface area contributed by atoms with E-state index in [-0.39, 0.29) is 5.82 Å². The zero-order valence-corrected chi connectivity index (χ0v) is 12.8.